The van der Waals surface area contributed by atoms with Gasteiger partial charge >= 0.3 is 0 Å². The summed E-state index contributed by atoms with van der Waals surface area (Å²) in [6.07, 6.45) is 5.81. The lowest BCUT2D eigenvalue weighted by molar-refractivity contribution is -0.125. The molecule has 1 atom stereocenters. The molecule has 0 spiro atoms. The summed E-state index contributed by atoms with van der Waals surface area (Å²) in [5.74, 6) is 0.455. The summed E-state index contributed by atoms with van der Waals surface area (Å²) < 4.78 is 0. The maximum Gasteiger partial charge on any atom is 0.223 e. The van der Waals surface area contributed by atoms with E-state index in [0.29, 0.717) is 6.54 Å². The number of halogens is 1. The molecule has 0 radical (unpaired) electrons. The summed E-state index contributed by atoms with van der Waals surface area (Å²) in [5, 5.41) is 2.92. The van der Waals surface area contributed by atoms with Crippen LogP contribution in [0.4, 0.5) is 0 Å². The molecule has 0 aromatic rings. The Morgan fingerprint density at radius 2 is 2.08 bits per heavy atom. The van der Waals surface area contributed by atoms with Gasteiger partial charge in [0.1, 0.15) is 0 Å². The summed E-state index contributed by atoms with van der Waals surface area (Å²) in [4.78, 5) is 11.5. The number of nitrogens with one attached hydrogen (secondary N) is 1. The van der Waals surface area contributed by atoms with Crippen LogP contribution in [-0.2, 0) is 4.79 Å². The molecule has 1 amide bonds. The molecule has 3 heteroatoms. The third-order valence-corrected chi connectivity index (χ3v) is 2.69. The average molecular weight is 204 g/mol. The Balaban J connectivity index is 2.21. The van der Waals surface area contributed by atoms with E-state index in [9.17, 15) is 4.79 Å². The number of hydrogen-bond acceptors (Lipinski definition) is 1. The molecule has 1 unspecified atom stereocenters. The number of rotatable bonds is 3. The highest BCUT2D eigenvalue weighted by atomic mass is 35.5. The lowest BCUT2D eigenvalue weighted by Crippen LogP contribution is -2.34. The second kappa shape index (κ2) is 5.48. The highest BCUT2D eigenvalue weighted by Crippen LogP contribution is 2.23. The van der Waals surface area contributed by atoms with Gasteiger partial charge in [-0.25, -0.2) is 0 Å². The molecule has 2 nitrogen and oxygen atoms in total. The molecule has 13 heavy (non-hydrogen) atoms. The number of amides is 1. The van der Waals surface area contributed by atoms with E-state index in [0.717, 1.165) is 12.8 Å². The van der Waals surface area contributed by atoms with Gasteiger partial charge in [-0.05, 0) is 19.8 Å². The number of hydrogen-bond donors (Lipinski definition) is 1. The molecule has 0 saturated heterocycles. The zero-order chi connectivity index (χ0) is 9.68. The van der Waals surface area contributed by atoms with E-state index in [4.69, 9.17) is 11.6 Å². The van der Waals surface area contributed by atoms with E-state index in [1.54, 1.807) is 0 Å². The van der Waals surface area contributed by atoms with E-state index in [1.165, 1.54) is 19.3 Å². The molecular formula is C10H18ClNO. The Morgan fingerprint density at radius 1 is 1.46 bits per heavy atom. The van der Waals surface area contributed by atoms with Gasteiger partial charge in [0.2, 0.25) is 5.91 Å². The van der Waals surface area contributed by atoms with E-state index >= 15 is 0 Å². The summed E-state index contributed by atoms with van der Waals surface area (Å²) >= 11 is 5.75. The highest BCUT2D eigenvalue weighted by Gasteiger charge is 2.20. The van der Waals surface area contributed by atoms with Gasteiger partial charge in [0, 0.05) is 17.8 Å². The Morgan fingerprint density at radius 3 is 2.62 bits per heavy atom. The van der Waals surface area contributed by atoms with Crippen molar-refractivity contribution < 1.29 is 4.79 Å². The summed E-state index contributed by atoms with van der Waals surface area (Å²) in [7, 11) is 0. The molecule has 1 saturated carbocycles. The van der Waals surface area contributed by atoms with Gasteiger partial charge in [0.15, 0.2) is 0 Å². The van der Waals surface area contributed by atoms with Crippen molar-refractivity contribution in [2.24, 2.45) is 5.92 Å². The van der Waals surface area contributed by atoms with Crippen LogP contribution in [0.2, 0.25) is 0 Å². The Kier molecular flexibility index (Phi) is 4.57. The fraction of sp³-hybridized carbons (Fsp3) is 0.900. The maximum absolute atomic E-state index is 11.5. The van der Waals surface area contributed by atoms with Gasteiger partial charge in [-0.15, -0.1) is 11.6 Å². The molecule has 0 heterocycles. The third kappa shape index (κ3) is 3.99. The Bertz CT molecular complexity index is 164. The van der Waals surface area contributed by atoms with Crippen LogP contribution in [0, 0.1) is 5.92 Å². The van der Waals surface area contributed by atoms with Gasteiger partial charge in [-0.1, -0.05) is 19.3 Å². The first-order chi connectivity index (χ1) is 6.20. The van der Waals surface area contributed by atoms with E-state index < -0.39 is 0 Å². The molecule has 1 aliphatic rings. The molecular weight excluding hydrogens is 186 g/mol. The largest absolute Gasteiger partial charge is 0.354 e. The van der Waals surface area contributed by atoms with Crippen molar-refractivity contribution in [2.75, 3.05) is 6.54 Å². The fourth-order valence-corrected chi connectivity index (χ4v) is 1.83. The molecule has 1 N–H and O–H groups in total. The van der Waals surface area contributed by atoms with Crippen molar-refractivity contribution in [1.82, 2.24) is 5.32 Å². The fourth-order valence-electron chi connectivity index (χ4n) is 1.75. The minimum atomic E-state index is 0.0348. The van der Waals surface area contributed by atoms with Crippen LogP contribution < -0.4 is 5.32 Å². The van der Waals surface area contributed by atoms with Crippen molar-refractivity contribution in [3.63, 3.8) is 0 Å². The first kappa shape index (κ1) is 10.8. The standard InChI is InChI=1S/C10H18ClNO/c1-8(11)7-12-10(13)9-5-3-2-4-6-9/h8-9H,2-7H2,1H3,(H,12,13). The average Bonchev–Trinajstić information content (AvgIpc) is 2.15. The van der Waals surface area contributed by atoms with Crippen LogP contribution in [0.1, 0.15) is 39.0 Å². The molecule has 0 aliphatic heterocycles. The van der Waals surface area contributed by atoms with E-state index in [-0.39, 0.29) is 17.2 Å². The third-order valence-electron chi connectivity index (χ3n) is 2.53. The van der Waals surface area contributed by atoms with Crippen LogP contribution in [-0.4, -0.2) is 17.8 Å². The van der Waals surface area contributed by atoms with E-state index in [1.807, 2.05) is 6.92 Å². The zero-order valence-electron chi connectivity index (χ0n) is 8.18. The summed E-state index contributed by atoms with van der Waals surface area (Å²) in [6.45, 7) is 2.49. The second-order valence-electron chi connectivity index (χ2n) is 3.86. The molecule has 76 valence electrons. The summed E-state index contributed by atoms with van der Waals surface area (Å²) in [6, 6.07) is 0. The number of carbonyl (C=O) groups excluding carboxylic acids is 1. The lowest BCUT2D eigenvalue weighted by atomic mass is 9.89. The van der Waals surface area contributed by atoms with Gasteiger partial charge in [-0.2, -0.15) is 0 Å². The molecule has 0 aromatic carbocycles. The Hall–Kier alpha value is -0.240. The molecule has 0 bridgehead atoms. The topological polar surface area (TPSA) is 29.1 Å². The summed E-state index contributed by atoms with van der Waals surface area (Å²) in [5.41, 5.74) is 0. The molecule has 1 rings (SSSR count). The highest BCUT2D eigenvalue weighted by molar-refractivity contribution is 6.20. The predicted molar refractivity (Wildman–Crippen MR) is 54.9 cm³/mol. The normalized spacial score (nSPS) is 21.1. The lowest BCUT2D eigenvalue weighted by Gasteiger charge is -2.20. The maximum atomic E-state index is 11.5. The smallest absolute Gasteiger partial charge is 0.223 e. The van der Waals surface area contributed by atoms with Crippen molar-refractivity contribution in [2.45, 2.75) is 44.4 Å². The Labute approximate surface area is 85.0 Å². The molecule has 1 aliphatic carbocycles. The number of alkyl halides is 1. The van der Waals surface area contributed by atoms with Gasteiger partial charge in [0.05, 0.1) is 0 Å². The molecule has 1 fully saturated rings. The molecule has 0 aromatic heterocycles. The number of carbonyl (C=O) groups is 1. The predicted octanol–water partition coefficient (Wildman–Crippen LogP) is 2.31. The van der Waals surface area contributed by atoms with E-state index in [2.05, 4.69) is 5.32 Å². The van der Waals surface area contributed by atoms with Crippen LogP contribution in [0.15, 0.2) is 0 Å². The van der Waals surface area contributed by atoms with Crippen LogP contribution >= 0.6 is 11.6 Å². The van der Waals surface area contributed by atoms with Gasteiger partial charge in [-0.3, -0.25) is 4.79 Å². The van der Waals surface area contributed by atoms with Crippen LogP contribution in [0.5, 0.6) is 0 Å². The zero-order valence-corrected chi connectivity index (χ0v) is 8.94. The van der Waals surface area contributed by atoms with Crippen molar-refractivity contribution >= 4 is 17.5 Å². The van der Waals surface area contributed by atoms with Gasteiger partial charge < -0.3 is 5.32 Å². The van der Waals surface area contributed by atoms with Crippen molar-refractivity contribution in [1.29, 1.82) is 0 Å². The van der Waals surface area contributed by atoms with Gasteiger partial charge in [0.25, 0.3) is 0 Å². The first-order valence-electron chi connectivity index (χ1n) is 5.12. The minimum Gasteiger partial charge on any atom is -0.354 e. The first-order valence-corrected chi connectivity index (χ1v) is 5.55. The van der Waals surface area contributed by atoms with Crippen LogP contribution in [0.3, 0.4) is 0 Å². The SMILES string of the molecule is CC(Cl)CNC(=O)C1CCCCC1. The second-order valence-corrected chi connectivity index (χ2v) is 4.61. The van der Waals surface area contributed by atoms with Crippen molar-refractivity contribution in [3.05, 3.63) is 0 Å². The van der Waals surface area contributed by atoms with Crippen LogP contribution in [0.25, 0.3) is 0 Å². The minimum absolute atomic E-state index is 0.0348. The van der Waals surface area contributed by atoms with Crippen molar-refractivity contribution in [3.8, 4) is 0 Å². The quantitative estimate of drug-likeness (QED) is 0.701. The monoisotopic (exact) mass is 203 g/mol.